The summed E-state index contributed by atoms with van der Waals surface area (Å²) in [6.45, 7) is 1.83. The quantitative estimate of drug-likeness (QED) is 0.479. The fraction of sp³-hybridized carbons (Fsp3) is 0.182. The van der Waals surface area contributed by atoms with E-state index >= 15 is 0 Å². The second-order valence-electron chi connectivity index (χ2n) is 3.62. The van der Waals surface area contributed by atoms with E-state index in [2.05, 4.69) is 5.10 Å². The molecule has 0 amide bonds. The fourth-order valence-electron chi connectivity index (χ4n) is 1.54. The predicted molar refractivity (Wildman–Crippen MR) is 64.5 cm³/mol. The third-order valence-electron chi connectivity index (χ3n) is 2.36. The van der Waals surface area contributed by atoms with Gasteiger partial charge < -0.3 is 0 Å². The zero-order valence-electron chi connectivity index (χ0n) is 9.13. The summed E-state index contributed by atoms with van der Waals surface area (Å²) in [5.74, 6) is 0.249. The number of aryl methyl sites for hydroxylation is 1. The molecule has 88 valence electrons. The molecule has 17 heavy (non-hydrogen) atoms. The van der Waals surface area contributed by atoms with Crippen LogP contribution in [0.3, 0.4) is 0 Å². The van der Waals surface area contributed by atoms with Crippen molar-refractivity contribution >= 4 is 17.3 Å². The lowest BCUT2D eigenvalue weighted by molar-refractivity contribution is -0.384. The van der Waals surface area contributed by atoms with E-state index in [4.69, 9.17) is 11.6 Å². The van der Waals surface area contributed by atoms with Gasteiger partial charge in [0, 0.05) is 18.1 Å². The highest BCUT2D eigenvalue weighted by Gasteiger charge is 2.16. The van der Waals surface area contributed by atoms with Crippen molar-refractivity contribution in [3.8, 4) is 5.69 Å². The van der Waals surface area contributed by atoms with Gasteiger partial charge in [0.05, 0.1) is 10.6 Å². The Bertz CT molecular complexity index is 566. The van der Waals surface area contributed by atoms with E-state index in [0.29, 0.717) is 11.3 Å². The zero-order valence-corrected chi connectivity index (χ0v) is 9.89. The van der Waals surface area contributed by atoms with Gasteiger partial charge >= 0.3 is 0 Å². The van der Waals surface area contributed by atoms with E-state index in [1.54, 1.807) is 24.4 Å². The molecule has 1 aromatic carbocycles. The van der Waals surface area contributed by atoms with Crippen LogP contribution in [0.2, 0.25) is 0 Å². The number of nitrogens with zero attached hydrogens (tertiary/aromatic N) is 3. The first kappa shape index (κ1) is 11.6. The van der Waals surface area contributed by atoms with Crippen LogP contribution in [-0.2, 0) is 5.88 Å². The van der Waals surface area contributed by atoms with Crippen molar-refractivity contribution in [1.82, 2.24) is 9.78 Å². The van der Waals surface area contributed by atoms with Gasteiger partial charge in [0.1, 0.15) is 5.69 Å². The molecule has 6 heteroatoms. The maximum atomic E-state index is 11.0. The fourth-order valence-corrected chi connectivity index (χ4v) is 1.71. The zero-order chi connectivity index (χ0) is 12.4. The summed E-state index contributed by atoms with van der Waals surface area (Å²) in [4.78, 5) is 10.6. The van der Waals surface area contributed by atoms with Gasteiger partial charge in [-0.15, -0.1) is 11.6 Å². The molecule has 5 nitrogen and oxygen atoms in total. The van der Waals surface area contributed by atoms with Gasteiger partial charge in [-0.2, -0.15) is 5.10 Å². The summed E-state index contributed by atoms with van der Waals surface area (Å²) in [6.07, 6.45) is 1.69. The van der Waals surface area contributed by atoms with Crippen molar-refractivity contribution in [3.63, 3.8) is 0 Å². The van der Waals surface area contributed by atoms with Gasteiger partial charge in [-0.3, -0.25) is 10.1 Å². The minimum Gasteiger partial charge on any atom is -0.258 e. The highest BCUT2D eigenvalue weighted by Crippen LogP contribution is 2.24. The second kappa shape index (κ2) is 4.55. The Kier molecular flexibility index (Phi) is 3.10. The topological polar surface area (TPSA) is 61.0 Å². The Balaban J connectivity index is 2.57. The molecule has 2 aromatic rings. The van der Waals surface area contributed by atoms with Crippen molar-refractivity contribution < 1.29 is 4.92 Å². The van der Waals surface area contributed by atoms with Crippen LogP contribution in [0.15, 0.2) is 30.5 Å². The van der Waals surface area contributed by atoms with E-state index in [1.165, 1.54) is 10.7 Å². The molecule has 0 saturated heterocycles. The van der Waals surface area contributed by atoms with Crippen LogP contribution in [0.5, 0.6) is 0 Å². The lowest BCUT2D eigenvalue weighted by atomic mass is 10.2. The van der Waals surface area contributed by atoms with Crippen molar-refractivity contribution in [2.75, 3.05) is 0 Å². The third kappa shape index (κ3) is 2.29. The van der Waals surface area contributed by atoms with Crippen LogP contribution in [0.1, 0.15) is 11.3 Å². The summed E-state index contributed by atoms with van der Waals surface area (Å²) >= 11 is 5.66. The maximum Gasteiger partial charge on any atom is 0.295 e. The first-order valence-electron chi connectivity index (χ1n) is 4.98. The normalized spacial score (nSPS) is 10.5. The summed E-state index contributed by atoms with van der Waals surface area (Å²) in [5, 5.41) is 15.2. The number of hydrogen-bond acceptors (Lipinski definition) is 3. The molecule has 0 aliphatic carbocycles. The van der Waals surface area contributed by atoms with Crippen molar-refractivity contribution in [2.45, 2.75) is 12.8 Å². The number of halogens is 1. The van der Waals surface area contributed by atoms with Crippen LogP contribution in [0.4, 0.5) is 5.69 Å². The number of benzene rings is 1. The molecular formula is C11H10ClN3O2. The lowest BCUT2D eigenvalue weighted by Crippen LogP contribution is -2.01. The molecule has 0 aliphatic rings. The highest BCUT2D eigenvalue weighted by molar-refractivity contribution is 6.17. The lowest BCUT2D eigenvalue weighted by Gasteiger charge is -2.04. The number of alkyl halides is 1. The summed E-state index contributed by atoms with van der Waals surface area (Å²) < 4.78 is 1.49. The predicted octanol–water partition coefficient (Wildman–Crippen LogP) is 2.83. The van der Waals surface area contributed by atoms with Crippen LogP contribution in [-0.4, -0.2) is 14.7 Å². The first-order valence-corrected chi connectivity index (χ1v) is 5.51. The highest BCUT2D eigenvalue weighted by atomic mass is 35.5. The summed E-state index contributed by atoms with van der Waals surface area (Å²) in [5.41, 5.74) is 1.97. The maximum absolute atomic E-state index is 11.0. The van der Waals surface area contributed by atoms with Crippen molar-refractivity contribution in [2.24, 2.45) is 0 Å². The second-order valence-corrected chi connectivity index (χ2v) is 3.88. The van der Waals surface area contributed by atoms with E-state index in [9.17, 15) is 10.1 Å². The Morgan fingerprint density at radius 1 is 1.47 bits per heavy atom. The monoisotopic (exact) mass is 251 g/mol. The third-order valence-corrected chi connectivity index (χ3v) is 2.67. The van der Waals surface area contributed by atoms with Crippen molar-refractivity contribution in [1.29, 1.82) is 0 Å². The molecule has 0 atom stereocenters. The van der Waals surface area contributed by atoms with E-state index in [-0.39, 0.29) is 11.6 Å². The van der Waals surface area contributed by atoms with Gasteiger partial charge in [0.2, 0.25) is 0 Å². The molecule has 0 aliphatic heterocycles. The smallest absolute Gasteiger partial charge is 0.258 e. The minimum atomic E-state index is -0.428. The van der Waals surface area contributed by atoms with E-state index in [1.807, 2.05) is 6.92 Å². The molecule has 0 fully saturated rings. The van der Waals surface area contributed by atoms with Gasteiger partial charge in [-0.25, -0.2) is 4.68 Å². The number of nitro groups is 1. The average molecular weight is 252 g/mol. The van der Waals surface area contributed by atoms with Crippen LogP contribution < -0.4 is 0 Å². The molecule has 0 unspecified atom stereocenters. The molecule has 2 rings (SSSR count). The number of rotatable bonds is 3. The van der Waals surface area contributed by atoms with E-state index < -0.39 is 4.92 Å². The number of nitro benzene ring substituents is 1. The Morgan fingerprint density at radius 3 is 2.76 bits per heavy atom. The number of hydrogen-bond donors (Lipinski definition) is 0. The van der Waals surface area contributed by atoms with Gasteiger partial charge in [0.25, 0.3) is 5.69 Å². The molecular weight excluding hydrogens is 242 g/mol. The Hall–Kier alpha value is -1.88. The summed E-state index contributed by atoms with van der Waals surface area (Å²) in [6, 6.07) is 6.67. The average Bonchev–Trinajstić information content (AvgIpc) is 2.75. The number of aromatic nitrogens is 2. The van der Waals surface area contributed by atoms with Crippen molar-refractivity contribution in [3.05, 3.63) is 51.8 Å². The standard InChI is InChI=1S/C11H10ClN3O2/c1-8-4-5-14(13-8)10-3-2-9(7-12)6-11(10)15(16)17/h2-6H,7H2,1H3. The SMILES string of the molecule is Cc1ccn(-c2ccc(CCl)cc2[N+](=O)[O-])n1. The molecule has 0 N–H and O–H groups in total. The molecule has 0 saturated carbocycles. The molecule has 1 aromatic heterocycles. The first-order chi connectivity index (χ1) is 8.11. The van der Waals surface area contributed by atoms with Crippen LogP contribution in [0.25, 0.3) is 5.69 Å². The van der Waals surface area contributed by atoms with Crippen LogP contribution in [0, 0.1) is 17.0 Å². The largest absolute Gasteiger partial charge is 0.295 e. The molecule has 1 heterocycles. The van der Waals surface area contributed by atoms with Gasteiger partial charge in [0.15, 0.2) is 0 Å². The van der Waals surface area contributed by atoms with Crippen LogP contribution >= 0.6 is 11.6 Å². The molecule has 0 radical (unpaired) electrons. The van der Waals surface area contributed by atoms with E-state index in [0.717, 1.165) is 5.69 Å². The Labute approximate surface area is 103 Å². The minimum absolute atomic E-state index is 0.00579. The Morgan fingerprint density at radius 2 is 2.24 bits per heavy atom. The summed E-state index contributed by atoms with van der Waals surface area (Å²) in [7, 11) is 0. The van der Waals surface area contributed by atoms with Gasteiger partial charge in [-0.1, -0.05) is 6.07 Å². The molecule has 0 bridgehead atoms. The van der Waals surface area contributed by atoms with Gasteiger partial charge in [-0.05, 0) is 24.6 Å². The molecule has 0 spiro atoms.